The lowest BCUT2D eigenvalue weighted by Gasteiger charge is -2.44. The normalized spacial score (nSPS) is 19.3. The molecule has 0 atom stereocenters. The molecule has 2 aliphatic rings. The summed E-state index contributed by atoms with van der Waals surface area (Å²) in [5, 5.41) is 7.81. The van der Waals surface area contributed by atoms with E-state index in [9.17, 15) is 8.42 Å². The monoisotopic (exact) mass is 460 g/mol. The van der Waals surface area contributed by atoms with Crippen molar-refractivity contribution in [2.45, 2.75) is 43.7 Å². The SMILES string of the molecule is Cc1ccc(S(=O)(=O)N2CCC3(CC2)NCCN=C3NCc2ccccc2Cl)cc1C. The molecule has 31 heavy (non-hydrogen) atoms. The second kappa shape index (κ2) is 8.90. The summed E-state index contributed by atoms with van der Waals surface area (Å²) in [6.45, 7) is 6.93. The van der Waals surface area contributed by atoms with Gasteiger partial charge in [-0.1, -0.05) is 35.9 Å². The van der Waals surface area contributed by atoms with Crippen molar-refractivity contribution in [3.8, 4) is 0 Å². The van der Waals surface area contributed by atoms with E-state index < -0.39 is 10.0 Å². The average molecular weight is 461 g/mol. The van der Waals surface area contributed by atoms with Gasteiger partial charge in [0.15, 0.2) is 0 Å². The number of halogens is 1. The lowest BCUT2D eigenvalue weighted by atomic mass is 9.85. The highest BCUT2D eigenvalue weighted by Gasteiger charge is 2.43. The van der Waals surface area contributed by atoms with Crippen LogP contribution in [-0.4, -0.2) is 50.3 Å². The lowest BCUT2D eigenvalue weighted by Crippen LogP contribution is -2.64. The second-order valence-corrected chi connectivity index (χ2v) is 10.7. The van der Waals surface area contributed by atoms with Crippen molar-refractivity contribution in [1.29, 1.82) is 0 Å². The summed E-state index contributed by atoms with van der Waals surface area (Å²) in [5.41, 5.74) is 2.77. The van der Waals surface area contributed by atoms with Crippen LogP contribution in [0.5, 0.6) is 0 Å². The summed E-state index contributed by atoms with van der Waals surface area (Å²) in [6.07, 6.45) is 1.34. The Morgan fingerprint density at radius 1 is 1.13 bits per heavy atom. The van der Waals surface area contributed by atoms with E-state index in [4.69, 9.17) is 16.6 Å². The molecule has 166 valence electrons. The van der Waals surface area contributed by atoms with Crippen molar-refractivity contribution in [2.75, 3.05) is 26.2 Å². The van der Waals surface area contributed by atoms with Crippen LogP contribution in [0.25, 0.3) is 0 Å². The predicted molar refractivity (Wildman–Crippen MR) is 125 cm³/mol. The number of amidine groups is 1. The Bertz CT molecular complexity index is 1090. The fourth-order valence-corrected chi connectivity index (χ4v) is 6.02. The minimum absolute atomic E-state index is 0.325. The summed E-state index contributed by atoms with van der Waals surface area (Å²) in [6, 6.07) is 13.1. The number of nitrogens with one attached hydrogen (secondary N) is 2. The van der Waals surface area contributed by atoms with E-state index in [1.54, 1.807) is 16.4 Å². The van der Waals surface area contributed by atoms with Crippen LogP contribution in [0.3, 0.4) is 0 Å². The molecular weight excluding hydrogens is 432 g/mol. The Morgan fingerprint density at radius 2 is 1.87 bits per heavy atom. The van der Waals surface area contributed by atoms with Crippen LogP contribution in [0.2, 0.25) is 5.02 Å². The third-order valence-electron chi connectivity index (χ3n) is 6.39. The number of rotatable bonds is 4. The number of hydrogen-bond acceptors (Lipinski definition) is 5. The van der Waals surface area contributed by atoms with E-state index in [0.29, 0.717) is 43.9 Å². The van der Waals surface area contributed by atoms with E-state index in [1.807, 2.05) is 44.2 Å². The summed E-state index contributed by atoms with van der Waals surface area (Å²) >= 11 is 6.30. The maximum absolute atomic E-state index is 13.2. The van der Waals surface area contributed by atoms with Gasteiger partial charge >= 0.3 is 0 Å². The van der Waals surface area contributed by atoms with Crippen LogP contribution in [0, 0.1) is 13.8 Å². The Labute approximate surface area is 189 Å². The van der Waals surface area contributed by atoms with E-state index in [1.165, 1.54) is 0 Å². The number of hydrogen-bond donors (Lipinski definition) is 2. The zero-order valence-electron chi connectivity index (χ0n) is 18.0. The molecule has 1 saturated heterocycles. The highest BCUT2D eigenvalue weighted by molar-refractivity contribution is 7.89. The molecule has 2 N–H and O–H groups in total. The van der Waals surface area contributed by atoms with Gasteiger partial charge < -0.3 is 10.6 Å². The zero-order valence-corrected chi connectivity index (χ0v) is 19.6. The highest BCUT2D eigenvalue weighted by Crippen LogP contribution is 2.29. The van der Waals surface area contributed by atoms with Gasteiger partial charge in [0.1, 0.15) is 5.84 Å². The maximum Gasteiger partial charge on any atom is 0.243 e. The molecule has 2 aromatic rings. The van der Waals surface area contributed by atoms with Gasteiger partial charge in [0.2, 0.25) is 10.0 Å². The maximum atomic E-state index is 13.2. The number of nitrogens with zero attached hydrogens (tertiary/aromatic N) is 2. The fraction of sp³-hybridized carbons (Fsp3) is 0.435. The fourth-order valence-electron chi connectivity index (χ4n) is 4.29. The number of benzene rings is 2. The van der Waals surface area contributed by atoms with E-state index in [0.717, 1.165) is 34.1 Å². The Morgan fingerprint density at radius 3 is 2.58 bits per heavy atom. The molecule has 1 fully saturated rings. The largest absolute Gasteiger partial charge is 0.368 e. The first-order valence-electron chi connectivity index (χ1n) is 10.7. The number of aliphatic imine (C=N–C) groups is 1. The first kappa shape index (κ1) is 22.3. The molecular formula is C23H29ClN4O2S. The van der Waals surface area contributed by atoms with Gasteiger partial charge in [0, 0.05) is 31.2 Å². The van der Waals surface area contributed by atoms with Crippen molar-refractivity contribution in [2.24, 2.45) is 4.99 Å². The van der Waals surface area contributed by atoms with Gasteiger partial charge in [-0.05, 0) is 61.6 Å². The topological polar surface area (TPSA) is 73.8 Å². The van der Waals surface area contributed by atoms with Crippen molar-refractivity contribution in [3.63, 3.8) is 0 Å². The molecule has 0 radical (unpaired) electrons. The molecule has 6 nitrogen and oxygen atoms in total. The van der Waals surface area contributed by atoms with Crippen molar-refractivity contribution < 1.29 is 8.42 Å². The second-order valence-electron chi connectivity index (χ2n) is 8.33. The highest BCUT2D eigenvalue weighted by atomic mass is 35.5. The molecule has 8 heteroatoms. The van der Waals surface area contributed by atoms with Gasteiger partial charge in [-0.2, -0.15) is 4.31 Å². The minimum Gasteiger partial charge on any atom is -0.368 e. The molecule has 0 bridgehead atoms. The zero-order chi connectivity index (χ0) is 22.1. The van der Waals surface area contributed by atoms with Gasteiger partial charge in [0.05, 0.1) is 17.0 Å². The molecule has 0 unspecified atom stereocenters. The van der Waals surface area contributed by atoms with E-state index in [2.05, 4.69) is 10.6 Å². The quantitative estimate of drug-likeness (QED) is 0.734. The van der Waals surface area contributed by atoms with Gasteiger partial charge in [-0.15, -0.1) is 0 Å². The smallest absolute Gasteiger partial charge is 0.243 e. The number of piperidine rings is 1. The Kier molecular flexibility index (Phi) is 6.40. The molecule has 4 rings (SSSR count). The summed E-state index contributed by atoms with van der Waals surface area (Å²) in [4.78, 5) is 5.12. The minimum atomic E-state index is -3.51. The molecule has 2 heterocycles. The van der Waals surface area contributed by atoms with Gasteiger partial charge in [0.25, 0.3) is 0 Å². The van der Waals surface area contributed by atoms with E-state index >= 15 is 0 Å². The van der Waals surface area contributed by atoms with Crippen LogP contribution in [0.15, 0.2) is 52.4 Å². The Balaban J connectivity index is 1.47. The van der Waals surface area contributed by atoms with Crippen LogP contribution < -0.4 is 10.6 Å². The van der Waals surface area contributed by atoms with E-state index in [-0.39, 0.29) is 5.54 Å². The summed E-state index contributed by atoms with van der Waals surface area (Å²) in [7, 11) is -3.51. The van der Waals surface area contributed by atoms with Crippen molar-refractivity contribution >= 4 is 27.5 Å². The van der Waals surface area contributed by atoms with Gasteiger partial charge in [-0.25, -0.2) is 8.42 Å². The van der Waals surface area contributed by atoms with Crippen LogP contribution >= 0.6 is 11.6 Å². The lowest BCUT2D eigenvalue weighted by molar-refractivity contribution is 0.241. The van der Waals surface area contributed by atoms with Crippen molar-refractivity contribution in [3.05, 3.63) is 64.2 Å². The molecule has 0 amide bonds. The molecule has 2 aliphatic heterocycles. The molecule has 0 saturated carbocycles. The first-order chi connectivity index (χ1) is 14.8. The van der Waals surface area contributed by atoms with Crippen LogP contribution in [0.4, 0.5) is 0 Å². The molecule has 1 spiro atoms. The third-order valence-corrected chi connectivity index (χ3v) is 8.66. The third kappa shape index (κ3) is 4.51. The van der Waals surface area contributed by atoms with Gasteiger partial charge in [-0.3, -0.25) is 4.99 Å². The molecule has 0 aromatic heterocycles. The first-order valence-corrected chi connectivity index (χ1v) is 12.5. The summed E-state index contributed by atoms with van der Waals surface area (Å²) in [5.74, 6) is 0.905. The van der Waals surface area contributed by atoms with Crippen LogP contribution in [0.1, 0.15) is 29.5 Å². The van der Waals surface area contributed by atoms with Crippen molar-refractivity contribution in [1.82, 2.24) is 14.9 Å². The number of aryl methyl sites for hydroxylation is 2. The summed E-state index contributed by atoms with van der Waals surface area (Å²) < 4.78 is 28.0. The Hall–Kier alpha value is -1.93. The predicted octanol–water partition coefficient (Wildman–Crippen LogP) is 3.27. The average Bonchev–Trinajstić information content (AvgIpc) is 2.76. The molecule has 2 aromatic carbocycles. The number of sulfonamides is 1. The molecule has 0 aliphatic carbocycles. The van der Waals surface area contributed by atoms with Crippen LogP contribution in [-0.2, 0) is 16.6 Å². The standard InChI is InChI=1S/C23H29ClN4O2S/c1-17-7-8-20(15-18(17)2)31(29,30)28-13-9-23(10-14-28)22(25-11-12-27-23)26-16-19-5-3-4-6-21(19)24/h3-8,15,27H,9-14,16H2,1-2H3,(H,25,26).